The Kier molecular flexibility index (Phi) is 4.72. The maximum atomic E-state index is 12.6. The number of aryl methyl sites for hydroxylation is 1. The van der Waals surface area contributed by atoms with E-state index in [0.29, 0.717) is 12.2 Å². The molecule has 1 fully saturated rings. The van der Waals surface area contributed by atoms with Crippen LogP contribution in [0, 0.1) is 6.92 Å². The summed E-state index contributed by atoms with van der Waals surface area (Å²) in [5.74, 6) is 0. The summed E-state index contributed by atoms with van der Waals surface area (Å²) in [6, 6.07) is 4.11. The maximum Gasteiger partial charge on any atom is 0.265 e. The molecule has 0 unspecified atom stereocenters. The summed E-state index contributed by atoms with van der Waals surface area (Å²) in [7, 11) is -7.32. The number of benzene rings is 1. The van der Waals surface area contributed by atoms with E-state index < -0.39 is 19.9 Å². The van der Waals surface area contributed by atoms with Crippen LogP contribution in [0.5, 0.6) is 0 Å². The molecule has 0 aromatic heterocycles. The molecule has 1 aliphatic rings. The lowest BCUT2D eigenvalue weighted by Gasteiger charge is -2.20. The zero-order valence-electron chi connectivity index (χ0n) is 12.1. The van der Waals surface area contributed by atoms with Crippen molar-refractivity contribution in [3.05, 3.63) is 23.8 Å². The van der Waals surface area contributed by atoms with Gasteiger partial charge in [-0.15, -0.1) is 0 Å². The molecule has 1 saturated heterocycles. The average Bonchev–Trinajstić information content (AvgIpc) is 2.66. The van der Waals surface area contributed by atoms with Gasteiger partial charge in [-0.25, -0.2) is 16.8 Å². The van der Waals surface area contributed by atoms with Crippen LogP contribution in [-0.2, 0) is 24.7 Å². The lowest BCUT2D eigenvalue weighted by Crippen LogP contribution is -2.32. The molecule has 0 aliphatic carbocycles. The third-order valence-electron chi connectivity index (χ3n) is 3.35. The van der Waals surface area contributed by atoms with Crippen LogP contribution >= 0.6 is 0 Å². The minimum Gasteiger partial charge on any atom is -0.284 e. The smallest absolute Gasteiger partial charge is 0.265 e. The zero-order chi connectivity index (χ0) is 15.7. The van der Waals surface area contributed by atoms with Gasteiger partial charge in [-0.05, 0) is 43.9 Å². The number of rotatable bonds is 3. The molecule has 0 radical (unpaired) electrons. The molecule has 1 aliphatic heterocycles. The number of hydrogen-bond acceptors (Lipinski definition) is 5. The highest BCUT2D eigenvalue weighted by Gasteiger charge is 2.29. The highest BCUT2D eigenvalue weighted by atomic mass is 32.2. The van der Waals surface area contributed by atoms with Crippen molar-refractivity contribution in [2.75, 3.05) is 19.4 Å². The number of hydrogen-bond donors (Lipinski definition) is 0. The molecule has 118 valence electrons. The molecule has 6 nitrogen and oxygen atoms in total. The Labute approximate surface area is 125 Å². The van der Waals surface area contributed by atoms with Gasteiger partial charge < -0.3 is 0 Å². The molecular formula is C13H19NO5S2. The van der Waals surface area contributed by atoms with Crippen molar-refractivity contribution in [2.45, 2.75) is 36.0 Å². The van der Waals surface area contributed by atoms with Gasteiger partial charge >= 0.3 is 0 Å². The second kappa shape index (κ2) is 6.04. The SMILES string of the molecule is Cc1ccc(S(C)(=O)=O)cc1S(=O)(=O)N1CCCCCO1. The first-order chi connectivity index (χ1) is 9.73. The fourth-order valence-electron chi connectivity index (χ4n) is 2.14. The fourth-order valence-corrected chi connectivity index (χ4v) is 4.41. The molecule has 1 aromatic rings. The van der Waals surface area contributed by atoms with Crippen molar-refractivity contribution < 1.29 is 21.7 Å². The van der Waals surface area contributed by atoms with E-state index in [2.05, 4.69) is 0 Å². The Bertz CT molecular complexity index is 717. The molecule has 21 heavy (non-hydrogen) atoms. The highest BCUT2D eigenvalue weighted by molar-refractivity contribution is 7.91. The Morgan fingerprint density at radius 1 is 1.10 bits per heavy atom. The third kappa shape index (κ3) is 3.63. The number of sulfonamides is 1. The molecule has 0 spiro atoms. The number of nitrogens with zero attached hydrogens (tertiary/aromatic N) is 1. The summed E-state index contributed by atoms with van der Waals surface area (Å²) >= 11 is 0. The topological polar surface area (TPSA) is 80.8 Å². The molecule has 0 amide bonds. The summed E-state index contributed by atoms with van der Waals surface area (Å²) in [4.78, 5) is 5.27. The third-order valence-corrected chi connectivity index (χ3v) is 6.28. The predicted molar refractivity (Wildman–Crippen MR) is 78.0 cm³/mol. The summed E-state index contributed by atoms with van der Waals surface area (Å²) in [6.07, 6.45) is 3.50. The number of hydroxylamine groups is 1. The lowest BCUT2D eigenvalue weighted by atomic mass is 10.2. The van der Waals surface area contributed by atoms with Crippen LogP contribution in [-0.4, -0.2) is 40.7 Å². The van der Waals surface area contributed by atoms with Crippen molar-refractivity contribution in [1.29, 1.82) is 0 Å². The van der Waals surface area contributed by atoms with Crippen LogP contribution in [0.4, 0.5) is 0 Å². The van der Waals surface area contributed by atoms with Crippen molar-refractivity contribution >= 4 is 19.9 Å². The monoisotopic (exact) mass is 333 g/mol. The van der Waals surface area contributed by atoms with Gasteiger partial charge in [-0.2, -0.15) is 0 Å². The van der Waals surface area contributed by atoms with Crippen LogP contribution in [0.1, 0.15) is 24.8 Å². The molecule has 0 bridgehead atoms. The van der Waals surface area contributed by atoms with Gasteiger partial charge in [-0.1, -0.05) is 10.5 Å². The van der Waals surface area contributed by atoms with E-state index in [1.165, 1.54) is 18.2 Å². The molecule has 0 N–H and O–H groups in total. The van der Waals surface area contributed by atoms with Crippen LogP contribution in [0.2, 0.25) is 0 Å². The van der Waals surface area contributed by atoms with Crippen LogP contribution in [0.3, 0.4) is 0 Å². The van der Waals surface area contributed by atoms with E-state index in [-0.39, 0.29) is 16.3 Å². The summed E-state index contributed by atoms with van der Waals surface area (Å²) in [5, 5.41) is 0. The quantitative estimate of drug-likeness (QED) is 0.837. The molecule has 0 saturated carbocycles. The van der Waals surface area contributed by atoms with Crippen LogP contribution < -0.4 is 0 Å². The van der Waals surface area contributed by atoms with E-state index in [9.17, 15) is 16.8 Å². The van der Waals surface area contributed by atoms with E-state index in [0.717, 1.165) is 30.0 Å². The second-order valence-electron chi connectivity index (χ2n) is 5.12. The van der Waals surface area contributed by atoms with Gasteiger partial charge in [0.1, 0.15) is 0 Å². The largest absolute Gasteiger partial charge is 0.284 e. The predicted octanol–water partition coefficient (Wildman–Crippen LogP) is 1.50. The molecule has 1 heterocycles. The zero-order valence-corrected chi connectivity index (χ0v) is 13.7. The molecule has 1 aromatic carbocycles. The van der Waals surface area contributed by atoms with Crippen molar-refractivity contribution in [1.82, 2.24) is 4.47 Å². The van der Waals surface area contributed by atoms with Gasteiger partial charge in [-0.3, -0.25) is 4.84 Å². The van der Waals surface area contributed by atoms with Crippen molar-refractivity contribution in [3.63, 3.8) is 0 Å². The Hall–Kier alpha value is -0.960. The Morgan fingerprint density at radius 2 is 1.81 bits per heavy atom. The van der Waals surface area contributed by atoms with Crippen LogP contribution in [0.25, 0.3) is 0 Å². The van der Waals surface area contributed by atoms with Gasteiger partial charge in [0.25, 0.3) is 10.0 Å². The maximum absolute atomic E-state index is 12.6. The minimum atomic E-state index is -3.85. The molecule has 2 rings (SSSR count). The summed E-state index contributed by atoms with van der Waals surface area (Å²) in [5.41, 5.74) is 0.496. The van der Waals surface area contributed by atoms with E-state index in [1.807, 2.05) is 0 Å². The summed E-state index contributed by atoms with van der Waals surface area (Å²) < 4.78 is 49.5. The van der Waals surface area contributed by atoms with Crippen molar-refractivity contribution in [3.8, 4) is 0 Å². The average molecular weight is 333 g/mol. The standard InChI is InChI=1S/C13H19NO5S2/c1-11-6-7-12(20(2,15)16)10-13(11)21(17,18)14-8-4-3-5-9-19-14/h6-7,10H,3-5,8-9H2,1-2H3. The van der Waals surface area contributed by atoms with Gasteiger partial charge in [0, 0.05) is 12.8 Å². The first-order valence-electron chi connectivity index (χ1n) is 6.69. The molecule has 8 heteroatoms. The van der Waals surface area contributed by atoms with E-state index in [4.69, 9.17) is 4.84 Å². The first-order valence-corrected chi connectivity index (χ1v) is 10.0. The summed E-state index contributed by atoms with van der Waals surface area (Å²) in [6.45, 7) is 2.27. The van der Waals surface area contributed by atoms with Gasteiger partial charge in [0.05, 0.1) is 16.4 Å². The van der Waals surface area contributed by atoms with Crippen LogP contribution in [0.15, 0.2) is 28.0 Å². The molecular weight excluding hydrogens is 314 g/mol. The fraction of sp³-hybridized carbons (Fsp3) is 0.538. The lowest BCUT2D eigenvalue weighted by molar-refractivity contribution is -0.0749. The Morgan fingerprint density at radius 3 is 2.48 bits per heavy atom. The minimum absolute atomic E-state index is 0.0125. The van der Waals surface area contributed by atoms with E-state index in [1.54, 1.807) is 6.92 Å². The van der Waals surface area contributed by atoms with Crippen molar-refractivity contribution in [2.24, 2.45) is 0 Å². The second-order valence-corrected chi connectivity index (χ2v) is 8.94. The Balaban J connectivity index is 2.48. The van der Waals surface area contributed by atoms with E-state index >= 15 is 0 Å². The number of sulfone groups is 1. The molecule has 0 atom stereocenters. The van der Waals surface area contributed by atoms with Gasteiger partial charge in [0.15, 0.2) is 9.84 Å². The normalized spacial score (nSPS) is 18.4. The van der Waals surface area contributed by atoms with Gasteiger partial charge in [0.2, 0.25) is 0 Å². The first kappa shape index (κ1) is 16.4. The highest BCUT2D eigenvalue weighted by Crippen LogP contribution is 2.25.